The van der Waals surface area contributed by atoms with Crippen LogP contribution >= 0.6 is 11.6 Å². The van der Waals surface area contributed by atoms with Gasteiger partial charge in [0, 0.05) is 70.0 Å². The molecule has 0 bridgehead atoms. The minimum absolute atomic E-state index is 0.0523. The summed E-state index contributed by atoms with van der Waals surface area (Å²) in [6.07, 6.45) is -1.76. The van der Waals surface area contributed by atoms with Gasteiger partial charge in [0.15, 0.2) is 0 Å². The molecule has 0 aliphatic carbocycles. The first-order valence-electron chi connectivity index (χ1n) is 17.1. The zero-order valence-electron chi connectivity index (χ0n) is 27.4. The molecule has 14 heteroatoms. The number of piperidine rings is 2. The highest BCUT2D eigenvalue weighted by Gasteiger charge is 2.38. The number of phenols is 1. The van der Waals surface area contributed by atoms with Crippen molar-refractivity contribution in [2.24, 2.45) is 5.92 Å². The predicted octanol–water partition coefficient (Wildman–Crippen LogP) is 5.02. The fourth-order valence-corrected chi connectivity index (χ4v) is 7.92. The molecule has 49 heavy (non-hydrogen) atoms. The second kappa shape index (κ2) is 15.1. The van der Waals surface area contributed by atoms with Gasteiger partial charge in [-0.15, -0.1) is 0 Å². The van der Waals surface area contributed by atoms with Crippen molar-refractivity contribution < 1.29 is 37.4 Å². The molecule has 10 nitrogen and oxygen atoms in total. The van der Waals surface area contributed by atoms with Gasteiger partial charge in [0.1, 0.15) is 5.75 Å². The Kier molecular flexibility index (Phi) is 10.9. The standard InChI is InChI=1S/C35H43ClF3N5O5/c36-29-21-23(20-28(32(29)46)35(37,38)39)19-25(33(47)43-12-6-26(7-13-43)41-15-17-49-18-16-41)22-31(45)42-10-8-27(9-11-42)44-14-5-24-3-1-2-4-30(24)40-34(44)48/h1-4,20-21,25-27,46H,5-19,22H2,(H,40,48). The van der Waals surface area contributed by atoms with Gasteiger partial charge in [-0.2, -0.15) is 13.2 Å². The minimum Gasteiger partial charge on any atom is -0.506 e. The summed E-state index contributed by atoms with van der Waals surface area (Å²) in [4.78, 5) is 48.5. The lowest BCUT2D eigenvalue weighted by Gasteiger charge is -2.41. The van der Waals surface area contributed by atoms with Crippen LogP contribution in [-0.4, -0.2) is 114 Å². The molecule has 2 aromatic rings. The summed E-state index contributed by atoms with van der Waals surface area (Å²) in [5.41, 5.74) is 0.725. The van der Waals surface area contributed by atoms with Crippen LogP contribution in [0.3, 0.4) is 0 Å². The number of para-hydroxylation sites is 1. The van der Waals surface area contributed by atoms with E-state index in [4.69, 9.17) is 16.3 Å². The molecule has 2 aromatic carbocycles. The Bertz CT molecular complexity index is 1520. The maximum atomic E-state index is 14.0. The van der Waals surface area contributed by atoms with Crippen molar-refractivity contribution in [3.8, 4) is 5.75 Å². The topological polar surface area (TPSA) is 106 Å². The highest BCUT2D eigenvalue weighted by molar-refractivity contribution is 6.32. The zero-order valence-corrected chi connectivity index (χ0v) is 28.1. The minimum atomic E-state index is -4.85. The molecule has 266 valence electrons. The summed E-state index contributed by atoms with van der Waals surface area (Å²) >= 11 is 6.01. The molecule has 0 radical (unpaired) electrons. The second-order valence-corrected chi connectivity index (χ2v) is 13.8. The molecular formula is C35H43ClF3N5O5. The Morgan fingerprint density at radius 2 is 1.59 bits per heavy atom. The number of hydrogen-bond donors (Lipinski definition) is 2. The number of nitrogens with one attached hydrogen (secondary N) is 1. The summed E-state index contributed by atoms with van der Waals surface area (Å²) in [7, 11) is 0. The monoisotopic (exact) mass is 705 g/mol. The number of rotatable bonds is 7. The number of anilines is 1. The molecule has 3 saturated heterocycles. The fourth-order valence-electron chi connectivity index (χ4n) is 7.68. The molecule has 1 unspecified atom stereocenters. The van der Waals surface area contributed by atoms with E-state index in [0.717, 1.165) is 49.7 Å². The van der Waals surface area contributed by atoms with E-state index in [9.17, 15) is 32.7 Å². The van der Waals surface area contributed by atoms with E-state index < -0.39 is 28.4 Å². The molecule has 1 atom stereocenters. The first-order chi connectivity index (χ1) is 23.5. The van der Waals surface area contributed by atoms with Gasteiger partial charge in [-0.25, -0.2) is 4.79 Å². The first-order valence-corrected chi connectivity index (χ1v) is 17.5. The number of urea groups is 1. The van der Waals surface area contributed by atoms with Crippen LogP contribution < -0.4 is 5.32 Å². The van der Waals surface area contributed by atoms with E-state index >= 15 is 0 Å². The number of halogens is 4. The van der Waals surface area contributed by atoms with Crippen LogP contribution in [-0.2, 0) is 33.3 Å². The van der Waals surface area contributed by atoms with E-state index in [1.807, 2.05) is 29.2 Å². The number of carbonyl (C=O) groups is 3. The molecule has 4 amide bonds. The van der Waals surface area contributed by atoms with Crippen molar-refractivity contribution >= 4 is 35.1 Å². The van der Waals surface area contributed by atoms with Gasteiger partial charge in [0.25, 0.3) is 0 Å². The summed E-state index contributed by atoms with van der Waals surface area (Å²) in [5.74, 6) is -2.51. The number of ether oxygens (including phenoxy) is 1. The number of phenolic OH excluding ortho intramolecular Hbond substituents is 1. The first kappa shape index (κ1) is 35.3. The SMILES string of the molecule is O=C(CC(Cc1cc(Cl)c(O)c(C(F)(F)F)c1)C(=O)N1CCC(N2CCOCC2)CC1)N1CCC(N2CCc3ccccc3NC2=O)CC1. The number of likely N-dealkylation sites (tertiary alicyclic amines) is 2. The van der Waals surface area contributed by atoms with Crippen LogP contribution in [0.5, 0.6) is 5.75 Å². The van der Waals surface area contributed by atoms with Gasteiger partial charge >= 0.3 is 12.2 Å². The van der Waals surface area contributed by atoms with E-state index in [0.29, 0.717) is 64.8 Å². The van der Waals surface area contributed by atoms with E-state index in [2.05, 4.69) is 10.2 Å². The molecule has 2 N–H and O–H groups in total. The van der Waals surface area contributed by atoms with Crippen molar-refractivity contribution in [2.75, 3.05) is 64.3 Å². The Morgan fingerprint density at radius 3 is 2.29 bits per heavy atom. The normalized spacial score (nSPS) is 20.8. The maximum absolute atomic E-state index is 14.0. The number of morpholine rings is 1. The van der Waals surface area contributed by atoms with Crippen LogP contribution in [0.25, 0.3) is 0 Å². The summed E-state index contributed by atoms with van der Waals surface area (Å²) in [6, 6.07) is 9.87. The lowest BCUT2D eigenvalue weighted by molar-refractivity contribution is -0.143. The third-order valence-corrected chi connectivity index (χ3v) is 10.7. The van der Waals surface area contributed by atoms with Crippen molar-refractivity contribution in [2.45, 2.75) is 63.2 Å². The van der Waals surface area contributed by atoms with Gasteiger partial charge in [-0.05, 0) is 67.9 Å². The maximum Gasteiger partial charge on any atom is 0.420 e. The van der Waals surface area contributed by atoms with E-state index in [1.165, 1.54) is 6.07 Å². The highest BCUT2D eigenvalue weighted by Crippen LogP contribution is 2.41. The molecule has 4 aliphatic rings. The van der Waals surface area contributed by atoms with Gasteiger partial charge in [0.05, 0.1) is 29.7 Å². The molecule has 0 saturated carbocycles. The number of alkyl halides is 3. The third kappa shape index (κ3) is 8.26. The quantitative estimate of drug-likeness (QED) is 0.420. The third-order valence-electron chi connectivity index (χ3n) is 10.4. The molecule has 0 spiro atoms. The number of benzene rings is 2. The number of nitrogens with zero attached hydrogens (tertiary/aromatic N) is 4. The molecule has 4 heterocycles. The number of fused-ring (bicyclic) bond motifs is 1. The smallest absolute Gasteiger partial charge is 0.420 e. The van der Waals surface area contributed by atoms with Gasteiger partial charge in [-0.3, -0.25) is 14.5 Å². The Hall–Kier alpha value is -3.55. The largest absolute Gasteiger partial charge is 0.506 e. The summed E-state index contributed by atoms with van der Waals surface area (Å²) in [5, 5.41) is 12.6. The van der Waals surface area contributed by atoms with Crippen LogP contribution in [0, 0.1) is 5.92 Å². The number of carbonyl (C=O) groups excluding carboxylic acids is 3. The molecule has 0 aromatic heterocycles. The lowest BCUT2D eigenvalue weighted by atomic mass is 9.91. The summed E-state index contributed by atoms with van der Waals surface area (Å²) in [6.45, 7) is 5.37. The Balaban J connectivity index is 1.12. The average Bonchev–Trinajstić information content (AvgIpc) is 3.27. The van der Waals surface area contributed by atoms with Crippen LogP contribution in [0.2, 0.25) is 5.02 Å². The highest BCUT2D eigenvalue weighted by atomic mass is 35.5. The average molecular weight is 706 g/mol. The number of aromatic hydroxyl groups is 1. The van der Waals surface area contributed by atoms with Gasteiger partial charge in [-0.1, -0.05) is 29.8 Å². The van der Waals surface area contributed by atoms with E-state index in [-0.39, 0.29) is 42.3 Å². The van der Waals surface area contributed by atoms with Crippen LogP contribution in [0.15, 0.2) is 36.4 Å². The predicted molar refractivity (Wildman–Crippen MR) is 177 cm³/mol. The molecule has 3 fully saturated rings. The van der Waals surface area contributed by atoms with Crippen LogP contribution in [0.1, 0.15) is 48.8 Å². The Morgan fingerprint density at radius 1 is 0.939 bits per heavy atom. The van der Waals surface area contributed by atoms with Crippen molar-refractivity contribution in [1.82, 2.24) is 19.6 Å². The fraction of sp³-hybridized carbons (Fsp3) is 0.571. The van der Waals surface area contributed by atoms with Crippen molar-refractivity contribution in [3.05, 3.63) is 58.1 Å². The number of hydrogen-bond acceptors (Lipinski definition) is 6. The van der Waals surface area contributed by atoms with Crippen LogP contribution in [0.4, 0.5) is 23.7 Å². The van der Waals surface area contributed by atoms with E-state index in [1.54, 1.807) is 9.80 Å². The van der Waals surface area contributed by atoms with Gasteiger partial charge in [0.2, 0.25) is 11.8 Å². The van der Waals surface area contributed by atoms with Crippen molar-refractivity contribution in [1.29, 1.82) is 0 Å². The van der Waals surface area contributed by atoms with Crippen molar-refractivity contribution in [3.63, 3.8) is 0 Å². The molecule has 6 rings (SSSR count). The lowest BCUT2D eigenvalue weighted by Crippen LogP contribution is -2.52. The second-order valence-electron chi connectivity index (χ2n) is 13.4. The number of amides is 4. The molecule has 4 aliphatic heterocycles. The zero-order chi connectivity index (χ0) is 34.7. The van der Waals surface area contributed by atoms with Gasteiger partial charge < -0.3 is 29.9 Å². The Labute approximate surface area is 289 Å². The summed E-state index contributed by atoms with van der Waals surface area (Å²) < 4.78 is 46.6. The molecular weight excluding hydrogens is 663 g/mol.